The second kappa shape index (κ2) is 7.81. The van der Waals surface area contributed by atoms with Crippen LogP contribution in [0.3, 0.4) is 0 Å². The number of benzene rings is 2. The second-order valence-corrected chi connectivity index (χ2v) is 11.4. The first-order valence-electron chi connectivity index (χ1n) is 10.8. The third-order valence-corrected chi connectivity index (χ3v) is 8.50. The summed E-state index contributed by atoms with van der Waals surface area (Å²) < 4.78 is 22.3. The van der Waals surface area contributed by atoms with Gasteiger partial charge in [-0.3, -0.25) is 4.79 Å². The van der Waals surface area contributed by atoms with Crippen molar-refractivity contribution in [3.63, 3.8) is 0 Å². The molecule has 0 unspecified atom stereocenters. The molecule has 10 heteroatoms. The molecule has 3 aliphatic carbocycles. The van der Waals surface area contributed by atoms with E-state index in [1.54, 1.807) is 28.9 Å². The Hall–Kier alpha value is -1.88. The van der Waals surface area contributed by atoms with Gasteiger partial charge in [0.25, 0.3) is 5.91 Å². The third-order valence-electron chi connectivity index (χ3n) is 7.16. The highest BCUT2D eigenvalue weighted by Crippen LogP contribution is 2.68. The number of nitrogens with zero attached hydrogens (tertiary/aromatic N) is 2. The van der Waals surface area contributed by atoms with Gasteiger partial charge in [0, 0.05) is 45.8 Å². The summed E-state index contributed by atoms with van der Waals surface area (Å²) in [6, 6.07) is 9.64. The molecule has 1 amide bonds. The van der Waals surface area contributed by atoms with E-state index in [9.17, 15) is 14.3 Å². The van der Waals surface area contributed by atoms with Crippen molar-refractivity contribution < 1.29 is 19.0 Å². The number of carbonyl (C=O) groups is 1. The Labute approximate surface area is 218 Å². The average Bonchev–Trinajstić information content (AvgIpc) is 3.13. The van der Waals surface area contributed by atoms with Gasteiger partial charge in [-0.2, -0.15) is 5.10 Å². The van der Waals surface area contributed by atoms with Crippen molar-refractivity contribution in [3.8, 4) is 11.4 Å². The van der Waals surface area contributed by atoms with Gasteiger partial charge in [-0.05, 0) is 72.2 Å². The third kappa shape index (κ3) is 3.53. The van der Waals surface area contributed by atoms with Gasteiger partial charge in [-0.1, -0.05) is 23.2 Å². The van der Waals surface area contributed by atoms with Gasteiger partial charge in [0.05, 0.1) is 16.8 Å². The van der Waals surface area contributed by atoms with E-state index in [1.807, 2.05) is 6.20 Å². The molecule has 4 aliphatic rings. The van der Waals surface area contributed by atoms with Crippen molar-refractivity contribution in [2.75, 3.05) is 0 Å². The Morgan fingerprint density at radius 2 is 2.00 bits per heavy atom. The molecule has 7 rings (SSSR count). The molecule has 1 aromatic heterocycles. The van der Waals surface area contributed by atoms with Crippen molar-refractivity contribution in [2.24, 2.45) is 0 Å². The van der Waals surface area contributed by atoms with E-state index >= 15 is 0 Å². The van der Waals surface area contributed by atoms with Crippen LogP contribution in [0.5, 0.6) is 5.75 Å². The summed E-state index contributed by atoms with van der Waals surface area (Å²) in [5, 5.41) is 18.8. The Kier molecular flexibility index (Phi) is 5.19. The minimum atomic E-state index is -0.803. The number of halogens is 4. The smallest absolute Gasteiger partial charge is 0.261 e. The normalized spacial score (nSPS) is 28.9. The molecule has 0 radical (unpaired) electrons. The maximum atomic E-state index is 13.9. The molecule has 2 heterocycles. The second-order valence-electron chi connectivity index (χ2n) is 9.50. The predicted octanol–water partition coefficient (Wildman–Crippen LogP) is 5.10. The average molecular weight is 614 g/mol. The van der Waals surface area contributed by atoms with E-state index in [0.717, 1.165) is 28.5 Å². The zero-order valence-corrected chi connectivity index (χ0v) is 21.4. The Morgan fingerprint density at radius 1 is 1.24 bits per heavy atom. The molecule has 34 heavy (non-hydrogen) atoms. The van der Waals surface area contributed by atoms with Gasteiger partial charge in [0.2, 0.25) is 0 Å². The van der Waals surface area contributed by atoms with Crippen molar-refractivity contribution in [2.45, 2.75) is 48.8 Å². The summed E-state index contributed by atoms with van der Waals surface area (Å²) in [5.74, 6) is -0.216. The number of nitrogens with one attached hydrogen (secondary N) is 1. The molecule has 176 valence electrons. The van der Waals surface area contributed by atoms with Gasteiger partial charge in [-0.15, -0.1) is 0 Å². The molecule has 0 saturated heterocycles. The number of rotatable bonds is 4. The fourth-order valence-electron chi connectivity index (χ4n) is 5.60. The number of amides is 1. The van der Waals surface area contributed by atoms with Gasteiger partial charge >= 0.3 is 0 Å². The summed E-state index contributed by atoms with van der Waals surface area (Å²) in [6.07, 6.45) is 3.00. The fourth-order valence-corrected chi connectivity index (χ4v) is 6.84. The lowest BCUT2D eigenvalue weighted by molar-refractivity contribution is -0.146. The minimum absolute atomic E-state index is 0.0384. The van der Waals surface area contributed by atoms with Crippen LogP contribution in [0.15, 0.2) is 42.6 Å². The van der Waals surface area contributed by atoms with E-state index in [2.05, 4.69) is 33.0 Å². The van der Waals surface area contributed by atoms with Crippen LogP contribution in [-0.2, 0) is 10.2 Å². The molecule has 2 atom stereocenters. The van der Waals surface area contributed by atoms with Crippen LogP contribution in [0.25, 0.3) is 5.69 Å². The monoisotopic (exact) mass is 613 g/mol. The highest BCUT2D eigenvalue weighted by atomic mass is 127. The van der Waals surface area contributed by atoms with Crippen molar-refractivity contribution in [3.05, 3.63) is 73.3 Å². The van der Waals surface area contributed by atoms with E-state index < -0.39 is 18.0 Å². The highest BCUT2D eigenvalue weighted by Gasteiger charge is 2.70. The zero-order valence-electron chi connectivity index (χ0n) is 17.7. The lowest BCUT2D eigenvalue weighted by atomic mass is 9.37. The Bertz CT molecular complexity index is 1330. The molecular formula is C24H19Cl2FIN3O3. The first kappa shape index (κ1) is 22.6. The number of aliphatic hydroxyl groups excluding tert-OH is 1. The van der Waals surface area contributed by atoms with Crippen LogP contribution in [0.2, 0.25) is 10.0 Å². The number of ether oxygens (including phenoxy) is 1. The van der Waals surface area contributed by atoms with E-state index in [4.69, 9.17) is 27.9 Å². The Morgan fingerprint density at radius 3 is 2.74 bits per heavy atom. The summed E-state index contributed by atoms with van der Waals surface area (Å²) in [7, 11) is 0. The maximum absolute atomic E-state index is 13.9. The van der Waals surface area contributed by atoms with Crippen molar-refractivity contribution >= 4 is 51.7 Å². The van der Waals surface area contributed by atoms with Gasteiger partial charge in [0.1, 0.15) is 15.3 Å². The largest absolute Gasteiger partial charge is 0.480 e. The van der Waals surface area contributed by atoms with Gasteiger partial charge < -0.3 is 15.2 Å². The number of aromatic nitrogens is 2. The van der Waals surface area contributed by atoms with Crippen LogP contribution >= 0.6 is 45.8 Å². The first-order valence-corrected chi connectivity index (χ1v) is 12.7. The summed E-state index contributed by atoms with van der Waals surface area (Å²) in [4.78, 5) is 13.0. The summed E-state index contributed by atoms with van der Waals surface area (Å²) in [5.41, 5.74) is 2.02. The first-order chi connectivity index (χ1) is 16.2. The van der Waals surface area contributed by atoms with E-state index in [-0.39, 0.29) is 28.3 Å². The number of fused-ring (bicyclic) bond motifs is 1. The summed E-state index contributed by atoms with van der Waals surface area (Å²) >= 11 is 14.0. The SMILES string of the molecule is O=C(NC12CC(c3cn(-c4ccc(Cl)c(F)c4)nc3I)(C1)C2)[C@@H]1C[C@@H](O)c2cc(Cl)ccc2O1. The molecule has 1 aliphatic heterocycles. The molecule has 3 fully saturated rings. The predicted molar refractivity (Wildman–Crippen MR) is 133 cm³/mol. The lowest BCUT2D eigenvalue weighted by Gasteiger charge is -2.70. The molecule has 3 aromatic rings. The van der Waals surface area contributed by atoms with Crippen LogP contribution in [-0.4, -0.2) is 32.4 Å². The highest BCUT2D eigenvalue weighted by molar-refractivity contribution is 14.1. The van der Waals surface area contributed by atoms with E-state index in [0.29, 0.717) is 22.0 Å². The summed E-state index contributed by atoms with van der Waals surface area (Å²) in [6.45, 7) is 0. The van der Waals surface area contributed by atoms with Crippen LogP contribution in [0.4, 0.5) is 4.39 Å². The molecule has 2 bridgehead atoms. The number of carbonyl (C=O) groups excluding carboxylic acids is 1. The zero-order chi connectivity index (χ0) is 23.8. The number of hydrogen-bond acceptors (Lipinski definition) is 4. The number of hydrogen-bond donors (Lipinski definition) is 2. The maximum Gasteiger partial charge on any atom is 0.261 e. The molecule has 6 nitrogen and oxygen atoms in total. The van der Waals surface area contributed by atoms with Crippen molar-refractivity contribution in [1.82, 2.24) is 15.1 Å². The molecule has 2 aromatic carbocycles. The molecule has 0 spiro atoms. The topological polar surface area (TPSA) is 76.4 Å². The van der Waals surface area contributed by atoms with Crippen molar-refractivity contribution in [1.29, 1.82) is 0 Å². The number of aliphatic hydroxyl groups is 1. The lowest BCUT2D eigenvalue weighted by Crippen LogP contribution is -2.77. The minimum Gasteiger partial charge on any atom is -0.480 e. The van der Waals surface area contributed by atoms with Crippen LogP contribution < -0.4 is 10.1 Å². The standard InChI is InChI=1S/C24H19Cl2FIN3O3/c25-12-1-4-19-14(5-12)18(32)7-20(34-19)22(33)29-24-9-23(10-24,11-24)15-8-31(30-21(15)28)13-2-3-16(26)17(27)6-13/h1-6,8,18,20,32H,7,9-11H2,(H,29,33)/t18-,20+,23?,24?/m1/s1. The molecule has 2 N–H and O–H groups in total. The molecule has 3 saturated carbocycles. The van der Waals surface area contributed by atoms with Crippen LogP contribution in [0.1, 0.15) is 42.9 Å². The quantitative estimate of drug-likeness (QED) is 0.402. The van der Waals surface area contributed by atoms with Gasteiger partial charge in [-0.25, -0.2) is 9.07 Å². The van der Waals surface area contributed by atoms with Gasteiger partial charge in [0.15, 0.2) is 6.10 Å². The van der Waals surface area contributed by atoms with E-state index in [1.165, 1.54) is 12.1 Å². The molecular weight excluding hydrogens is 595 g/mol. The Balaban J connectivity index is 1.13. The fraction of sp³-hybridized carbons (Fsp3) is 0.333. The van der Waals surface area contributed by atoms with Crippen LogP contribution in [0, 0.1) is 9.52 Å².